The summed E-state index contributed by atoms with van der Waals surface area (Å²) in [5.41, 5.74) is 2.14. The van der Waals surface area contributed by atoms with Crippen molar-refractivity contribution in [2.45, 2.75) is 12.5 Å². The zero-order valence-electron chi connectivity index (χ0n) is 12.4. The molecule has 2 aromatic rings. The van der Waals surface area contributed by atoms with Gasteiger partial charge in [-0.25, -0.2) is 4.39 Å². The summed E-state index contributed by atoms with van der Waals surface area (Å²) in [6.07, 6.45) is 0.902. The van der Waals surface area contributed by atoms with E-state index in [4.69, 9.17) is 0 Å². The number of phenolic OH excluding ortho intramolecular Hbond substituents is 1. The van der Waals surface area contributed by atoms with Crippen molar-refractivity contribution in [1.29, 1.82) is 0 Å². The normalized spacial score (nSPS) is 12.1. The first-order valence-electron chi connectivity index (χ1n) is 7.03. The number of benzene rings is 2. The summed E-state index contributed by atoms with van der Waals surface area (Å²) in [6, 6.07) is 13.9. The first-order chi connectivity index (χ1) is 10.1. The molecule has 0 heterocycles. The number of phenols is 1. The van der Waals surface area contributed by atoms with Gasteiger partial charge in [0, 0.05) is 25.3 Å². The zero-order valence-corrected chi connectivity index (χ0v) is 12.4. The van der Waals surface area contributed by atoms with Crippen LogP contribution in [0.1, 0.15) is 18.0 Å². The highest BCUT2D eigenvalue weighted by molar-refractivity contribution is 5.48. The Morgan fingerprint density at radius 3 is 2.29 bits per heavy atom. The molecule has 0 aromatic heterocycles. The Labute approximate surface area is 125 Å². The van der Waals surface area contributed by atoms with E-state index >= 15 is 0 Å². The van der Waals surface area contributed by atoms with E-state index in [-0.39, 0.29) is 17.6 Å². The molecule has 0 bridgehead atoms. The SMILES string of the molecule is CNC(CCN(C)c1ccc(O)cc1)c1ccc(F)cc1. The average molecular weight is 288 g/mol. The van der Waals surface area contributed by atoms with Crippen LogP contribution in [0.5, 0.6) is 5.75 Å². The van der Waals surface area contributed by atoms with Gasteiger partial charge < -0.3 is 15.3 Å². The fourth-order valence-corrected chi connectivity index (χ4v) is 2.33. The lowest BCUT2D eigenvalue weighted by Gasteiger charge is -2.23. The van der Waals surface area contributed by atoms with Crippen LogP contribution < -0.4 is 10.2 Å². The van der Waals surface area contributed by atoms with E-state index in [9.17, 15) is 9.50 Å². The van der Waals surface area contributed by atoms with Crippen LogP contribution >= 0.6 is 0 Å². The second-order valence-electron chi connectivity index (χ2n) is 5.12. The molecule has 112 valence electrons. The third kappa shape index (κ3) is 4.20. The zero-order chi connectivity index (χ0) is 15.2. The minimum atomic E-state index is -0.213. The van der Waals surface area contributed by atoms with E-state index in [0.717, 1.165) is 24.2 Å². The molecule has 0 aliphatic carbocycles. The fraction of sp³-hybridized carbons (Fsp3) is 0.294. The van der Waals surface area contributed by atoms with E-state index in [0.29, 0.717) is 0 Å². The maximum atomic E-state index is 13.0. The number of nitrogens with one attached hydrogen (secondary N) is 1. The van der Waals surface area contributed by atoms with E-state index in [1.807, 2.05) is 38.4 Å². The third-order valence-electron chi connectivity index (χ3n) is 3.66. The third-order valence-corrected chi connectivity index (χ3v) is 3.66. The molecule has 2 rings (SSSR count). The number of hydrogen-bond acceptors (Lipinski definition) is 3. The van der Waals surface area contributed by atoms with Gasteiger partial charge in [0.2, 0.25) is 0 Å². The predicted molar refractivity (Wildman–Crippen MR) is 84.2 cm³/mol. The van der Waals surface area contributed by atoms with Crippen LogP contribution in [0.2, 0.25) is 0 Å². The highest BCUT2D eigenvalue weighted by atomic mass is 19.1. The van der Waals surface area contributed by atoms with Crippen LogP contribution in [0.3, 0.4) is 0 Å². The van der Waals surface area contributed by atoms with E-state index in [1.165, 1.54) is 12.1 Å². The minimum absolute atomic E-state index is 0.185. The Morgan fingerprint density at radius 2 is 1.71 bits per heavy atom. The number of nitrogens with zero attached hydrogens (tertiary/aromatic N) is 1. The lowest BCUT2D eigenvalue weighted by molar-refractivity contribution is 0.475. The summed E-state index contributed by atoms with van der Waals surface area (Å²) in [7, 11) is 3.93. The van der Waals surface area contributed by atoms with Gasteiger partial charge in [0.05, 0.1) is 0 Å². The molecule has 2 N–H and O–H groups in total. The first kappa shape index (κ1) is 15.3. The predicted octanol–water partition coefficient (Wildman–Crippen LogP) is 3.32. The largest absolute Gasteiger partial charge is 0.508 e. The monoisotopic (exact) mass is 288 g/mol. The van der Waals surface area contributed by atoms with Gasteiger partial charge in [0.1, 0.15) is 11.6 Å². The number of aromatic hydroxyl groups is 1. The van der Waals surface area contributed by atoms with Gasteiger partial charge in [0.15, 0.2) is 0 Å². The second kappa shape index (κ2) is 7.09. The smallest absolute Gasteiger partial charge is 0.123 e. The summed E-state index contributed by atoms with van der Waals surface area (Å²) in [5.74, 6) is 0.0568. The van der Waals surface area contributed by atoms with Crippen molar-refractivity contribution in [2.75, 3.05) is 25.5 Å². The maximum absolute atomic E-state index is 13.0. The summed E-state index contributed by atoms with van der Waals surface area (Å²) >= 11 is 0. The standard InChI is InChI=1S/C17H21FN2O/c1-19-17(13-3-5-14(18)6-4-13)11-12-20(2)15-7-9-16(21)10-8-15/h3-10,17,19,21H,11-12H2,1-2H3. The summed E-state index contributed by atoms with van der Waals surface area (Å²) < 4.78 is 13.0. The molecule has 4 heteroatoms. The molecule has 0 amide bonds. The highest BCUT2D eigenvalue weighted by Crippen LogP contribution is 2.21. The molecule has 0 saturated heterocycles. The Kier molecular flexibility index (Phi) is 5.17. The Bertz CT molecular complexity index is 554. The first-order valence-corrected chi connectivity index (χ1v) is 7.03. The average Bonchev–Trinajstić information content (AvgIpc) is 2.50. The van der Waals surface area contributed by atoms with Crippen LogP contribution in [0.25, 0.3) is 0 Å². The van der Waals surface area contributed by atoms with Crippen molar-refractivity contribution in [3.05, 3.63) is 59.9 Å². The Balaban J connectivity index is 1.96. The van der Waals surface area contributed by atoms with Crippen LogP contribution in [-0.4, -0.2) is 25.7 Å². The molecule has 0 aliphatic rings. The maximum Gasteiger partial charge on any atom is 0.123 e. The number of halogens is 1. The topological polar surface area (TPSA) is 35.5 Å². The van der Waals surface area contributed by atoms with Crippen molar-refractivity contribution >= 4 is 5.69 Å². The van der Waals surface area contributed by atoms with Gasteiger partial charge in [0.25, 0.3) is 0 Å². The summed E-state index contributed by atoms with van der Waals surface area (Å²) in [5, 5.41) is 12.6. The molecular formula is C17H21FN2O. The van der Waals surface area contributed by atoms with Crippen molar-refractivity contribution < 1.29 is 9.50 Å². The van der Waals surface area contributed by atoms with Gasteiger partial charge in [-0.15, -0.1) is 0 Å². The molecule has 0 spiro atoms. The quantitative estimate of drug-likeness (QED) is 0.856. The Hall–Kier alpha value is -2.07. The minimum Gasteiger partial charge on any atom is -0.508 e. The summed E-state index contributed by atoms with van der Waals surface area (Å²) in [4.78, 5) is 2.13. The van der Waals surface area contributed by atoms with Gasteiger partial charge in [-0.1, -0.05) is 12.1 Å². The molecule has 1 atom stereocenters. The van der Waals surface area contributed by atoms with Crippen molar-refractivity contribution in [3.8, 4) is 5.75 Å². The molecule has 0 saturated carbocycles. The number of anilines is 1. The molecule has 0 aliphatic heterocycles. The van der Waals surface area contributed by atoms with Crippen molar-refractivity contribution in [2.24, 2.45) is 0 Å². The van der Waals surface area contributed by atoms with Gasteiger partial charge in [-0.2, -0.15) is 0 Å². The van der Waals surface area contributed by atoms with Crippen molar-refractivity contribution in [1.82, 2.24) is 5.32 Å². The van der Waals surface area contributed by atoms with Crippen LogP contribution in [0.4, 0.5) is 10.1 Å². The van der Waals surface area contributed by atoms with Crippen LogP contribution in [0, 0.1) is 5.82 Å². The lowest BCUT2D eigenvalue weighted by Crippen LogP contribution is -2.25. The molecule has 0 fully saturated rings. The van der Waals surface area contributed by atoms with Crippen LogP contribution in [-0.2, 0) is 0 Å². The van der Waals surface area contributed by atoms with E-state index in [1.54, 1.807) is 12.1 Å². The second-order valence-corrected chi connectivity index (χ2v) is 5.12. The molecule has 0 radical (unpaired) electrons. The van der Waals surface area contributed by atoms with E-state index < -0.39 is 0 Å². The molecule has 3 nitrogen and oxygen atoms in total. The van der Waals surface area contributed by atoms with E-state index in [2.05, 4.69) is 10.2 Å². The highest BCUT2D eigenvalue weighted by Gasteiger charge is 2.11. The molecule has 2 aromatic carbocycles. The molecule has 21 heavy (non-hydrogen) atoms. The molecule has 1 unspecified atom stereocenters. The lowest BCUT2D eigenvalue weighted by atomic mass is 10.0. The Morgan fingerprint density at radius 1 is 1.10 bits per heavy atom. The number of hydrogen-bond donors (Lipinski definition) is 2. The van der Waals surface area contributed by atoms with Crippen molar-refractivity contribution in [3.63, 3.8) is 0 Å². The van der Waals surface area contributed by atoms with Gasteiger partial charge in [-0.05, 0) is 55.4 Å². The fourth-order valence-electron chi connectivity index (χ4n) is 2.33. The number of rotatable bonds is 6. The molecular weight excluding hydrogens is 267 g/mol. The van der Waals surface area contributed by atoms with Crippen LogP contribution in [0.15, 0.2) is 48.5 Å². The summed E-state index contributed by atoms with van der Waals surface area (Å²) in [6.45, 7) is 0.855. The van der Waals surface area contributed by atoms with Gasteiger partial charge >= 0.3 is 0 Å². The van der Waals surface area contributed by atoms with Gasteiger partial charge in [-0.3, -0.25) is 0 Å².